The average molecular weight is 536 g/mol. The van der Waals surface area contributed by atoms with Crippen molar-refractivity contribution in [3.8, 4) is 11.3 Å². The van der Waals surface area contributed by atoms with E-state index in [2.05, 4.69) is 76.7 Å². The van der Waals surface area contributed by atoms with Crippen molar-refractivity contribution < 1.29 is 9.47 Å². The van der Waals surface area contributed by atoms with Gasteiger partial charge in [0.25, 0.3) is 0 Å². The standard InChI is InChI=1S/C25H33N7O.C5H12O/c1-5-18(9-10-30(3)4)23-17(2)27-25-24(31-11-13-33-14-12-31)28-22(16-32(23)25)19-7-6-8-21-20(19)15-26-29-21;1-5(2,3)6-4/h6-8,15-16,18H,5,9-14H2,1-4H3,(H,26,29);1-4H3. The molecule has 1 saturated heterocycles. The van der Waals surface area contributed by atoms with Crippen LogP contribution in [0.5, 0.6) is 0 Å². The molecule has 1 aliphatic heterocycles. The number of nitrogens with one attached hydrogen (secondary N) is 1. The zero-order valence-corrected chi connectivity index (χ0v) is 24.9. The summed E-state index contributed by atoms with van der Waals surface area (Å²) in [6, 6.07) is 6.23. The number of hydrogen-bond donors (Lipinski definition) is 1. The summed E-state index contributed by atoms with van der Waals surface area (Å²) in [7, 11) is 5.98. The van der Waals surface area contributed by atoms with E-state index in [1.807, 2.05) is 27.0 Å². The number of methoxy groups -OCH3 is 1. The number of morpholine rings is 1. The first kappa shape index (κ1) is 29.0. The summed E-state index contributed by atoms with van der Waals surface area (Å²) in [5.41, 5.74) is 6.41. The molecule has 0 saturated carbocycles. The first-order chi connectivity index (χ1) is 18.6. The van der Waals surface area contributed by atoms with E-state index in [9.17, 15) is 0 Å². The summed E-state index contributed by atoms with van der Waals surface area (Å²) >= 11 is 0. The molecule has 9 heteroatoms. The summed E-state index contributed by atoms with van der Waals surface area (Å²) in [4.78, 5) is 14.8. The van der Waals surface area contributed by atoms with Crippen LogP contribution in [0.15, 0.2) is 30.6 Å². The molecular weight excluding hydrogens is 490 g/mol. The minimum Gasteiger partial charge on any atom is -0.379 e. The number of nitrogens with zero attached hydrogens (tertiary/aromatic N) is 6. The molecule has 4 aromatic rings. The first-order valence-electron chi connectivity index (χ1n) is 14.0. The molecule has 0 bridgehead atoms. The predicted molar refractivity (Wildman–Crippen MR) is 159 cm³/mol. The second-order valence-electron chi connectivity index (χ2n) is 11.5. The molecule has 1 aliphatic rings. The number of ether oxygens (including phenoxy) is 2. The third-order valence-electron chi connectivity index (χ3n) is 7.30. The third kappa shape index (κ3) is 6.77. The molecule has 1 unspecified atom stereocenters. The molecule has 39 heavy (non-hydrogen) atoms. The van der Waals surface area contributed by atoms with Gasteiger partial charge in [0.1, 0.15) is 0 Å². The lowest BCUT2D eigenvalue weighted by molar-refractivity contribution is 0.0397. The molecule has 4 heterocycles. The van der Waals surface area contributed by atoms with Crippen molar-refractivity contribution in [2.75, 3.05) is 59.0 Å². The number of H-pyrrole nitrogens is 1. The predicted octanol–water partition coefficient (Wildman–Crippen LogP) is 5.29. The highest BCUT2D eigenvalue weighted by Gasteiger charge is 2.25. The molecule has 0 radical (unpaired) electrons. The van der Waals surface area contributed by atoms with E-state index < -0.39 is 0 Å². The Morgan fingerprint density at radius 1 is 1.15 bits per heavy atom. The fraction of sp³-hybridized carbons (Fsp3) is 0.567. The van der Waals surface area contributed by atoms with Gasteiger partial charge >= 0.3 is 0 Å². The Balaban J connectivity index is 0.000000531. The van der Waals surface area contributed by atoms with E-state index in [1.54, 1.807) is 7.11 Å². The number of imidazole rings is 1. The van der Waals surface area contributed by atoms with Crippen molar-refractivity contribution in [1.82, 2.24) is 29.5 Å². The van der Waals surface area contributed by atoms with Crippen molar-refractivity contribution in [2.45, 2.75) is 59.0 Å². The maximum absolute atomic E-state index is 5.62. The van der Waals surface area contributed by atoms with Gasteiger partial charge in [-0.15, -0.1) is 0 Å². The van der Waals surface area contributed by atoms with Crippen LogP contribution in [0, 0.1) is 6.92 Å². The van der Waals surface area contributed by atoms with Gasteiger partial charge in [0, 0.05) is 49.0 Å². The fourth-order valence-electron chi connectivity index (χ4n) is 4.91. The van der Waals surface area contributed by atoms with Crippen LogP contribution < -0.4 is 4.90 Å². The minimum absolute atomic E-state index is 0.0417. The van der Waals surface area contributed by atoms with Crippen molar-refractivity contribution in [3.05, 3.63) is 42.0 Å². The summed E-state index contributed by atoms with van der Waals surface area (Å²) in [6.45, 7) is 14.6. The van der Waals surface area contributed by atoms with Gasteiger partial charge in [0.2, 0.25) is 0 Å². The van der Waals surface area contributed by atoms with E-state index >= 15 is 0 Å². The van der Waals surface area contributed by atoms with Gasteiger partial charge in [-0.3, -0.25) is 9.50 Å². The molecule has 0 aliphatic carbocycles. The molecule has 9 nitrogen and oxygen atoms in total. The van der Waals surface area contributed by atoms with E-state index in [0.29, 0.717) is 19.1 Å². The lowest BCUT2D eigenvalue weighted by Crippen LogP contribution is -2.37. The lowest BCUT2D eigenvalue weighted by Gasteiger charge is -2.28. The summed E-state index contributed by atoms with van der Waals surface area (Å²) in [5, 5.41) is 8.43. The number of fused-ring (bicyclic) bond motifs is 2. The summed E-state index contributed by atoms with van der Waals surface area (Å²) in [5.74, 6) is 1.37. The number of anilines is 1. The number of aryl methyl sites for hydroxylation is 1. The minimum atomic E-state index is 0.0417. The van der Waals surface area contributed by atoms with Gasteiger partial charge < -0.3 is 19.3 Å². The molecule has 5 rings (SSSR count). The second kappa shape index (κ2) is 12.4. The Kier molecular flexibility index (Phi) is 9.25. The summed E-state index contributed by atoms with van der Waals surface area (Å²) in [6.07, 6.45) is 6.23. The number of benzene rings is 1. The van der Waals surface area contributed by atoms with Crippen LogP contribution in [0.3, 0.4) is 0 Å². The number of hydrogen-bond acceptors (Lipinski definition) is 7. The first-order valence-corrected chi connectivity index (χ1v) is 14.0. The maximum Gasteiger partial charge on any atom is 0.180 e. The Hall–Kier alpha value is -3.01. The van der Waals surface area contributed by atoms with Crippen molar-refractivity contribution in [3.63, 3.8) is 0 Å². The Labute approximate surface area is 232 Å². The van der Waals surface area contributed by atoms with Crippen LogP contribution in [0.1, 0.15) is 57.8 Å². The normalized spacial score (nSPS) is 15.2. The van der Waals surface area contributed by atoms with Crippen LogP contribution in [0.4, 0.5) is 5.82 Å². The highest BCUT2D eigenvalue weighted by Crippen LogP contribution is 2.34. The van der Waals surface area contributed by atoms with Gasteiger partial charge in [0.15, 0.2) is 11.5 Å². The van der Waals surface area contributed by atoms with Crippen molar-refractivity contribution in [2.24, 2.45) is 0 Å². The van der Waals surface area contributed by atoms with Gasteiger partial charge in [-0.05, 0) is 67.2 Å². The molecule has 0 spiro atoms. The fourth-order valence-corrected chi connectivity index (χ4v) is 4.91. The lowest BCUT2D eigenvalue weighted by atomic mass is 9.96. The van der Waals surface area contributed by atoms with Crippen LogP contribution in [0.2, 0.25) is 0 Å². The van der Waals surface area contributed by atoms with E-state index in [-0.39, 0.29) is 5.60 Å². The SMILES string of the molecule is CCC(CCN(C)C)c1c(C)nc2c(N3CCOCC3)nc(-c3cccc4[nH]ncc34)cn12.COC(C)(C)C. The molecule has 3 aromatic heterocycles. The van der Waals surface area contributed by atoms with Gasteiger partial charge in [0.05, 0.1) is 41.9 Å². The van der Waals surface area contributed by atoms with Gasteiger partial charge in [-0.1, -0.05) is 19.1 Å². The van der Waals surface area contributed by atoms with Gasteiger partial charge in [-0.2, -0.15) is 5.10 Å². The van der Waals surface area contributed by atoms with Crippen molar-refractivity contribution in [1.29, 1.82) is 0 Å². The maximum atomic E-state index is 5.62. The van der Waals surface area contributed by atoms with E-state index in [1.165, 1.54) is 5.69 Å². The highest BCUT2D eigenvalue weighted by atomic mass is 16.5. The Bertz CT molecular complexity index is 1360. The largest absolute Gasteiger partial charge is 0.379 e. The third-order valence-corrected chi connectivity index (χ3v) is 7.30. The molecule has 1 N–H and O–H groups in total. The van der Waals surface area contributed by atoms with Crippen molar-refractivity contribution >= 4 is 22.4 Å². The summed E-state index contributed by atoms with van der Waals surface area (Å²) < 4.78 is 12.9. The quantitative estimate of drug-likeness (QED) is 0.344. The average Bonchev–Trinajstić information content (AvgIpc) is 3.53. The zero-order chi connectivity index (χ0) is 28.2. The Morgan fingerprint density at radius 2 is 1.87 bits per heavy atom. The number of rotatable bonds is 7. The molecule has 212 valence electrons. The number of aromatic amines is 1. The zero-order valence-electron chi connectivity index (χ0n) is 24.9. The van der Waals surface area contributed by atoms with E-state index in [4.69, 9.17) is 19.4 Å². The second-order valence-corrected chi connectivity index (χ2v) is 11.5. The molecule has 1 aromatic carbocycles. The molecule has 1 fully saturated rings. The topological polar surface area (TPSA) is 83.8 Å². The van der Waals surface area contributed by atoms with E-state index in [0.717, 1.165) is 71.8 Å². The highest BCUT2D eigenvalue weighted by molar-refractivity contribution is 5.93. The van der Waals surface area contributed by atoms with Crippen LogP contribution in [-0.4, -0.2) is 89.1 Å². The number of aromatic nitrogens is 5. The van der Waals surface area contributed by atoms with Crippen LogP contribution >= 0.6 is 0 Å². The van der Waals surface area contributed by atoms with Gasteiger partial charge in [-0.25, -0.2) is 9.97 Å². The van der Waals surface area contributed by atoms with Crippen LogP contribution in [0.25, 0.3) is 27.8 Å². The molecule has 0 amide bonds. The molecule has 1 atom stereocenters. The molecular formula is C30H45N7O2. The Morgan fingerprint density at radius 3 is 2.51 bits per heavy atom. The smallest absolute Gasteiger partial charge is 0.180 e. The van der Waals surface area contributed by atoms with Crippen LogP contribution in [-0.2, 0) is 9.47 Å². The monoisotopic (exact) mass is 535 g/mol.